The molecule has 2 aliphatic rings. The second kappa shape index (κ2) is 9.87. The lowest BCUT2D eigenvalue weighted by Crippen LogP contribution is -2.29. The van der Waals surface area contributed by atoms with E-state index in [-0.39, 0.29) is 22.9 Å². The van der Waals surface area contributed by atoms with Crippen molar-refractivity contribution in [1.29, 1.82) is 0 Å². The molecule has 0 aromatic heterocycles. The zero-order valence-corrected chi connectivity index (χ0v) is 21.9. The number of amides is 4. The number of rotatable bonds is 6. The molecule has 5 aromatic carbocycles. The van der Waals surface area contributed by atoms with Gasteiger partial charge in [-0.1, -0.05) is 42.5 Å². The van der Waals surface area contributed by atoms with Gasteiger partial charge in [0, 0.05) is 6.07 Å². The molecule has 42 heavy (non-hydrogen) atoms. The molecule has 0 N–H and O–H groups in total. The molecule has 0 saturated carbocycles. The molecule has 0 unspecified atom stereocenters. The van der Waals surface area contributed by atoms with Gasteiger partial charge in [-0.15, -0.1) is 0 Å². The fraction of sp³-hybridized carbons (Fsp3) is 0. The molecule has 2 aliphatic heterocycles. The molecule has 0 spiro atoms. The first-order valence-electron chi connectivity index (χ1n) is 13.1. The molecule has 8 heteroatoms. The Morgan fingerprint density at radius 3 is 1.17 bits per heavy atom. The number of hydrogen-bond donors (Lipinski definition) is 0. The van der Waals surface area contributed by atoms with Crippen molar-refractivity contribution in [2.24, 2.45) is 0 Å². The number of anilines is 2. The number of ether oxygens (including phenoxy) is 2. The van der Waals surface area contributed by atoms with E-state index in [0.717, 1.165) is 9.80 Å². The first-order chi connectivity index (χ1) is 20.5. The summed E-state index contributed by atoms with van der Waals surface area (Å²) in [5.74, 6) is 0.0281. The second-order valence-corrected chi connectivity index (χ2v) is 9.66. The van der Waals surface area contributed by atoms with Gasteiger partial charge in [0.2, 0.25) is 0 Å². The lowest BCUT2D eigenvalue weighted by atomic mass is 10.1. The average Bonchev–Trinajstić information content (AvgIpc) is 3.41. The van der Waals surface area contributed by atoms with Crippen LogP contribution in [0.1, 0.15) is 41.4 Å². The maximum absolute atomic E-state index is 13.1. The van der Waals surface area contributed by atoms with E-state index in [1.165, 1.54) is 0 Å². The average molecular weight is 553 g/mol. The van der Waals surface area contributed by atoms with Crippen molar-refractivity contribution in [2.45, 2.75) is 0 Å². The van der Waals surface area contributed by atoms with Gasteiger partial charge in [-0.25, -0.2) is 9.80 Å². The van der Waals surface area contributed by atoms with E-state index in [0.29, 0.717) is 45.5 Å². The van der Waals surface area contributed by atoms with Crippen LogP contribution in [0, 0.1) is 0 Å². The highest BCUT2D eigenvalue weighted by molar-refractivity contribution is 6.35. The van der Waals surface area contributed by atoms with Crippen LogP contribution in [-0.2, 0) is 0 Å². The monoisotopic (exact) mass is 552 g/mol. The minimum atomic E-state index is -0.417. The molecule has 4 amide bonds. The van der Waals surface area contributed by atoms with Crippen LogP contribution < -0.4 is 19.3 Å². The molecule has 5 aromatic rings. The molecule has 8 nitrogen and oxygen atoms in total. The normalized spacial score (nSPS) is 13.8. The SMILES string of the molecule is O=C1c2ccc(Oc3cccc(Oc4ccc5c(c4)C(=O)N(c4ccccc4)C5=O)c3)cc2C(=O)N1c1ccccc1. The standard InChI is InChI=1S/C34H20N2O6/c37-31-27-16-14-25(19-29(27)33(39)35(31)21-8-3-1-4-9-21)41-23-12-7-13-24(18-23)42-26-15-17-28-30(20-26)34(40)36(32(28)38)22-10-5-2-6-11-22/h1-20H. The number of hydrogen-bond acceptors (Lipinski definition) is 6. The summed E-state index contributed by atoms with van der Waals surface area (Å²) in [5, 5.41) is 0. The number of para-hydroxylation sites is 2. The van der Waals surface area contributed by atoms with E-state index in [2.05, 4.69) is 0 Å². The molecule has 7 rings (SSSR count). The van der Waals surface area contributed by atoms with Gasteiger partial charge in [0.1, 0.15) is 23.0 Å². The highest BCUT2D eigenvalue weighted by Gasteiger charge is 2.38. The third-order valence-corrected chi connectivity index (χ3v) is 7.02. The number of benzene rings is 5. The third-order valence-electron chi connectivity index (χ3n) is 7.02. The molecule has 0 aliphatic carbocycles. The summed E-state index contributed by atoms with van der Waals surface area (Å²) in [4.78, 5) is 54.3. The summed E-state index contributed by atoms with van der Waals surface area (Å²) in [6.45, 7) is 0. The summed E-state index contributed by atoms with van der Waals surface area (Å²) < 4.78 is 12.0. The first kappa shape index (κ1) is 25.0. The predicted octanol–water partition coefficient (Wildman–Crippen LogP) is 6.87. The van der Waals surface area contributed by atoms with Crippen molar-refractivity contribution in [3.8, 4) is 23.0 Å². The minimum absolute atomic E-state index is 0.260. The Kier molecular flexibility index (Phi) is 5.87. The number of nitrogens with zero attached hydrogens (tertiary/aromatic N) is 2. The maximum Gasteiger partial charge on any atom is 0.266 e. The Morgan fingerprint density at radius 1 is 0.357 bits per heavy atom. The summed E-state index contributed by atoms with van der Waals surface area (Å²) in [7, 11) is 0. The topological polar surface area (TPSA) is 93.2 Å². The van der Waals surface area contributed by atoms with Crippen LogP contribution in [0.3, 0.4) is 0 Å². The zero-order chi connectivity index (χ0) is 28.8. The summed E-state index contributed by atoms with van der Waals surface area (Å²) >= 11 is 0. The Hall–Kier alpha value is -6.02. The van der Waals surface area contributed by atoms with E-state index < -0.39 is 11.8 Å². The third kappa shape index (κ3) is 4.18. The van der Waals surface area contributed by atoms with Gasteiger partial charge in [-0.05, 0) is 72.8 Å². The first-order valence-corrected chi connectivity index (χ1v) is 13.1. The van der Waals surface area contributed by atoms with Gasteiger partial charge in [0.15, 0.2) is 0 Å². The van der Waals surface area contributed by atoms with Crippen molar-refractivity contribution in [1.82, 2.24) is 0 Å². The Morgan fingerprint density at radius 2 is 0.738 bits per heavy atom. The molecule has 0 radical (unpaired) electrons. The highest BCUT2D eigenvalue weighted by atomic mass is 16.5. The van der Waals surface area contributed by atoms with E-state index in [1.54, 1.807) is 109 Å². The molecular weight excluding hydrogens is 532 g/mol. The van der Waals surface area contributed by atoms with Crippen molar-refractivity contribution in [3.05, 3.63) is 144 Å². The predicted molar refractivity (Wildman–Crippen MR) is 155 cm³/mol. The minimum Gasteiger partial charge on any atom is -0.457 e. The van der Waals surface area contributed by atoms with Crippen LogP contribution in [-0.4, -0.2) is 23.6 Å². The van der Waals surface area contributed by atoms with Crippen molar-refractivity contribution in [3.63, 3.8) is 0 Å². The molecule has 202 valence electrons. The highest BCUT2D eigenvalue weighted by Crippen LogP contribution is 2.35. The Labute approximate surface area is 240 Å². The van der Waals surface area contributed by atoms with Crippen molar-refractivity contribution < 1.29 is 28.7 Å². The van der Waals surface area contributed by atoms with Crippen LogP contribution in [0.4, 0.5) is 11.4 Å². The van der Waals surface area contributed by atoms with E-state index in [1.807, 2.05) is 12.1 Å². The van der Waals surface area contributed by atoms with Crippen LogP contribution in [0.15, 0.2) is 121 Å². The van der Waals surface area contributed by atoms with E-state index in [4.69, 9.17) is 9.47 Å². The van der Waals surface area contributed by atoms with E-state index in [9.17, 15) is 19.2 Å². The van der Waals surface area contributed by atoms with Crippen molar-refractivity contribution in [2.75, 3.05) is 9.80 Å². The number of carbonyl (C=O) groups excluding carboxylic acids is 4. The molecular formula is C34H20N2O6. The summed E-state index contributed by atoms with van der Waals surface area (Å²) in [6, 6.07) is 33.9. The number of imide groups is 2. The quantitative estimate of drug-likeness (QED) is 0.213. The molecule has 0 atom stereocenters. The largest absolute Gasteiger partial charge is 0.457 e. The fourth-order valence-electron chi connectivity index (χ4n) is 5.06. The maximum atomic E-state index is 13.1. The lowest BCUT2D eigenvalue weighted by molar-refractivity contribution is 0.0910. The second-order valence-electron chi connectivity index (χ2n) is 9.66. The lowest BCUT2D eigenvalue weighted by Gasteiger charge is -2.13. The van der Waals surface area contributed by atoms with Gasteiger partial charge in [0.25, 0.3) is 23.6 Å². The van der Waals surface area contributed by atoms with Gasteiger partial charge < -0.3 is 9.47 Å². The van der Waals surface area contributed by atoms with Gasteiger partial charge in [-0.3, -0.25) is 19.2 Å². The van der Waals surface area contributed by atoms with Crippen LogP contribution in [0.5, 0.6) is 23.0 Å². The molecule has 0 bridgehead atoms. The van der Waals surface area contributed by atoms with Gasteiger partial charge >= 0.3 is 0 Å². The van der Waals surface area contributed by atoms with E-state index >= 15 is 0 Å². The van der Waals surface area contributed by atoms with Crippen LogP contribution in [0.2, 0.25) is 0 Å². The number of fused-ring (bicyclic) bond motifs is 2. The zero-order valence-electron chi connectivity index (χ0n) is 21.9. The van der Waals surface area contributed by atoms with Crippen molar-refractivity contribution >= 4 is 35.0 Å². The van der Waals surface area contributed by atoms with Crippen LogP contribution in [0.25, 0.3) is 0 Å². The molecule has 0 saturated heterocycles. The summed E-state index contributed by atoms with van der Waals surface area (Å²) in [6.07, 6.45) is 0. The van der Waals surface area contributed by atoms with Gasteiger partial charge in [0.05, 0.1) is 33.6 Å². The smallest absolute Gasteiger partial charge is 0.266 e. The van der Waals surface area contributed by atoms with Gasteiger partial charge in [-0.2, -0.15) is 0 Å². The Bertz CT molecular complexity index is 1780. The number of carbonyl (C=O) groups is 4. The summed E-state index contributed by atoms with van der Waals surface area (Å²) in [5.41, 5.74) is 2.14. The molecule has 0 fully saturated rings. The Balaban J connectivity index is 1.10. The fourth-order valence-corrected chi connectivity index (χ4v) is 5.06. The molecule has 2 heterocycles. The van der Waals surface area contributed by atoms with Crippen LogP contribution >= 0.6 is 0 Å².